The average Bonchev–Trinajstić information content (AvgIpc) is 2.89. The second-order valence-corrected chi connectivity index (χ2v) is 5.37. The lowest BCUT2D eigenvalue weighted by atomic mass is 10.1. The summed E-state index contributed by atoms with van der Waals surface area (Å²) in [7, 11) is 1.87. The van der Waals surface area contributed by atoms with E-state index in [2.05, 4.69) is 25.7 Å². The molecule has 0 aromatic carbocycles. The molecule has 0 unspecified atom stereocenters. The summed E-state index contributed by atoms with van der Waals surface area (Å²) in [6, 6.07) is 0.416. The molecule has 1 aliphatic rings. The Morgan fingerprint density at radius 2 is 2.15 bits per heavy atom. The Kier molecular flexibility index (Phi) is 3.84. The van der Waals surface area contributed by atoms with Crippen molar-refractivity contribution in [2.24, 2.45) is 7.05 Å². The SMILES string of the molecule is Cn1cc(-c2nc(NC3CCNCC3)ncc2Cl)cn1. The zero-order valence-electron chi connectivity index (χ0n) is 11.3. The predicted octanol–water partition coefficient (Wildman–Crippen LogP) is 1.69. The molecule has 0 saturated carbocycles. The lowest BCUT2D eigenvalue weighted by Crippen LogP contribution is -2.35. The van der Waals surface area contributed by atoms with Crippen LogP contribution in [0, 0.1) is 0 Å². The molecule has 0 radical (unpaired) electrons. The quantitative estimate of drug-likeness (QED) is 0.901. The largest absolute Gasteiger partial charge is 0.351 e. The summed E-state index contributed by atoms with van der Waals surface area (Å²) in [5.74, 6) is 0.625. The van der Waals surface area contributed by atoms with Crippen molar-refractivity contribution in [1.29, 1.82) is 0 Å². The van der Waals surface area contributed by atoms with E-state index in [1.165, 1.54) is 0 Å². The van der Waals surface area contributed by atoms with Crippen molar-refractivity contribution in [3.05, 3.63) is 23.6 Å². The van der Waals surface area contributed by atoms with Gasteiger partial charge in [-0.1, -0.05) is 11.6 Å². The number of aryl methyl sites for hydroxylation is 1. The molecule has 3 heterocycles. The standard InChI is InChI=1S/C13H17ClN6/c1-20-8-9(6-17-20)12-11(14)7-16-13(19-12)18-10-2-4-15-5-3-10/h6-8,10,15H,2-5H2,1H3,(H,16,18,19). The third-order valence-corrected chi connectivity index (χ3v) is 3.67. The van der Waals surface area contributed by atoms with Crippen LogP contribution in [-0.4, -0.2) is 38.9 Å². The first-order valence-corrected chi connectivity index (χ1v) is 7.09. The second kappa shape index (κ2) is 5.76. The van der Waals surface area contributed by atoms with Crippen molar-refractivity contribution in [2.75, 3.05) is 18.4 Å². The van der Waals surface area contributed by atoms with Gasteiger partial charge >= 0.3 is 0 Å². The lowest BCUT2D eigenvalue weighted by Gasteiger charge is -2.23. The highest BCUT2D eigenvalue weighted by Crippen LogP contribution is 2.25. The molecule has 0 bridgehead atoms. The maximum atomic E-state index is 6.18. The lowest BCUT2D eigenvalue weighted by molar-refractivity contribution is 0.477. The van der Waals surface area contributed by atoms with Gasteiger partial charge in [0.15, 0.2) is 0 Å². The van der Waals surface area contributed by atoms with Gasteiger partial charge in [0.25, 0.3) is 0 Å². The number of nitrogens with zero attached hydrogens (tertiary/aromatic N) is 4. The van der Waals surface area contributed by atoms with Crippen molar-refractivity contribution in [1.82, 2.24) is 25.1 Å². The van der Waals surface area contributed by atoms with E-state index < -0.39 is 0 Å². The van der Waals surface area contributed by atoms with E-state index in [1.807, 2.05) is 13.2 Å². The number of hydrogen-bond acceptors (Lipinski definition) is 5. The minimum absolute atomic E-state index is 0.416. The number of hydrogen-bond donors (Lipinski definition) is 2. The van der Waals surface area contributed by atoms with Crippen LogP contribution in [0.15, 0.2) is 18.6 Å². The van der Waals surface area contributed by atoms with Crippen LogP contribution in [-0.2, 0) is 7.05 Å². The molecule has 1 saturated heterocycles. The monoisotopic (exact) mass is 292 g/mol. The minimum Gasteiger partial charge on any atom is -0.351 e. The van der Waals surface area contributed by atoms with E-state index in [0.29, 0.717) is 22.7 Å². The third kappa shape index (κ3) is 2.91. The number of rotatable bonds is 3. The summed E-state index contributed by atoms with van der Waals surface area (Å²) in [6.07, 6.45) is 7.44. The molecule has 7 heteroatoms. The van der Waals surface area contributed by atoms with Gasteiger partial charge in [-0.15, -0.1) is 0 Å². The first kappa shape index (κ1) is 13.3. The van der Waals surface area contributed by atoms with Gasteiger partial charge in [0, 0.05) is 24.8 Å². The number of anilines is 1. The Morgan fingerprint density at radius 1 is 1.35 bits per heavy atom. The molecule has 1 aliphatic heterocycles. The summed E-state index contributed by atoms with van der Waals surface area (Å²) in [6.45, 7) is 2.06. The molecule has 0 atom stereocenters. The van der Waals surface area contributed by atoms with Crippen LogP contribution >= 0.6 is 11.6 Å². The van der Waals surface area contributed by atoms with E-state index in [0.717, 1.165) is 31.5 Å². The van der Waals surface area contributed by atoms with Crippen LogP contribution in [0.5, 0.6) is 0 Å². The molecule has 0 spiro atoms. The van der Waals surface area contributed by atoms with Crippen LogP contribution in [0.3, 0.4) is 0 Å². The maximum absolute atomic E-state index is 6.18. The fourth-order valence-electron chi connectivity index (χ4n) is 2.33. The molecule has 2 aromatic rings. The highest BCUT2D eigenvalue weighted by molar-refractivity contribution is 6.32. The van der Waals surface area contributed by atoms with E-state index >= 15 is 0 Å². The molecule has 2 N–H and O–H groups in total. The molecule has 0 amide bonds. The summed E-state index contributed by atoms with van der Waals surface area (Å²) in [5.41, 5.74) is 1.61. The molecule has 1 fully saturated rings. The van der Waals surface area contributed by atoms with Crippen molar-refractivity contribution < 1.29 is 0 Å². The van der Waals surface area contributed by atoms with Gasteiger partial charge < -0.3 is 10.6 Å². The number of piperidine rings is 1. The first-order chi connectivity index (χ1) is 9.72. The molecular weight excluding hydrogens is 276 g/mol. The summed E-state index contributed by atoms with van der Waals surface area (Å²) in [5, 5.41) is 11.4. The van der Waals surface area contributed by atoms with Crippen LogP contribution in [0.1, 0.15) is 12.8 Å². The smallest absolute Gasteiger partial charge is 0.223 e. The van der Waals surface area contributed by atoms with E-state index in [9.17, 15) is 0 Å². The van der Waals surface area contributed by atoms with Gasteiger partial charge in [-0.3, -0.25) is 4.68 Å². The van der Waals surface area contributed by atoms with E-state index in [1.54, 1.807) is 17.1 Å². The molecular formula is C13H17ClN6. The molecule has 3 rings (SSSR count). The highest BCUT2D eigenvalue weighted by Gasteiger charge is 2.15. The van der Waals surface area contributed by atoms with Gasteiger partial charge in [-0.05, 0) is 25.9 Å². The number of aromatic nitrogens is 4. The minimum atomic E-state index is 0.416. The fourth-order valence-corrected chi connectivity index (χ4v) is 2.53. The molecule has 2 aromatic heterocycles. The zero-order chi connectivity index (χ0) is 13.9. The predicted molar refractivity (Wildman–Crippen MR) is 78.8 cm³/mol. The fraction of sp³-hybridized carbons (Fsp3) is 0.462. The Balaban J connectivity index is 1.82. The Hall–Kier alpha value is -1.66. The molecule has 0 aliphatic carbocycles. The van der Waals surface area contributed by atoms with E-state index in [4.69, 9.17) is 11.6 Å². The van der Waals surface area contributed by atoms with Crippen molar-refractivity contribution >= 4 is 17.5 Å². The first-order valence-electron chi connectivity index (χ1n) is 6.71. The van der Waals surface area contributed by atoms with Gasteiger partial charge in [0.05, 0.1) is 23.1 Å². The van der Waals surface area contributed by atoms with Gasteiger partial charge in [0.1, 0.15) is 0 Å². The van der Waals surface area contributed by atoms with Gasteiger partial charge in [-0.2, -0.15) is 5.10 Å². The topological polar surface area (TPSA) is 67.7 Å². The van der Waals surface area contributed by atoms with Crippen molar-refractivity contribution in [2.45, 2.75) is 18.9 Å². The Labute approximate surface area is 122 Å². The van der Waals surface area contributed by atoms with Crippen LogP contribution in [0.4, 0.5) is 5.95 Å². The van der Waals surface area contributed by atoms with Gasteiger partial charge in [-0.25, -0.2) is 9.97 Å². The zero-order valence-corrected chi connectivity index (χ0v) is 12.1. The molecule has 106 valence electrons. The normalized spacial score (nSPS) is 16.3. The number of halogens is 1. The Morgan fingerprint density at radius 3 is 2.85 bits per heavy atom. The Bertz CT molecular complexity index is 590. The summed E-state index contributed by atoms with van der Waals surface area (Å²) < 4.78 is 1.73. The highest BCUT2D eigenvalue weighted by atomic mass is 35.5. The van der Waals surface area contributed by atoms with E-state index in [-0.39, 0.29) is 0 Å². The van der Waals surface area contributed by atoms with Crippen molar-refractivity contribution in [3.8, 4) is 11.3 Å². The van der Waals surface area contributed by atoms with Crippen LogP contribution < -0.4 is 10.6 Å². The third-order valence-electron chi connectivity index (χ3n) is 3.39. The van der Waals surface area contributed by atoms with Gasteiger partial charge in [0.2, 0.25) is 5.95 Å². The van der Waals surface area contributed by atoms with Crippen LogP contribution in [0.25, 0.3) is 11.3 Å². The molecule has 20 heavy (non-hydrogen) atoms. The summed E-state index contributed by atoms with van der Waals surface area (Å²) in [4.78, 5) is 8.79. The average molecular weight is 293 g/mol. The number of nitrogens with one attached hydrogen (secondary N) is 2. The van der Waals surface area contributed by atoms with Crippen LogP contribution in [0.2, 0.25) is 5.02 Å². The second-order valence-electron chi connectivity index (χ2n) is 4.96. The molecule has 6 nitrogen and oxygen atoms in total. The maximum Gasteiger partial charge on any atom is 0.223 e. The van der Waals surface area contributed by atoms with Crippen molar-refractivity contribution in [3.63, 3.8) is 0 Å². The summed E-state index contributed by atoms with van der Waals surface area (Å²) >= 11 is 6.18.